The van der Waals surface area contributed by atoms with E-state index in [4.69, 9.17) is 27.9 Å². The zero-order valence-corrected chi connectivity index (χ0v) is 15.2. The average molecular weight is 377 g/mol. The van der Waals surface area contributed by atoms with Crippen molar-refractivity contribution in [1.82, 2.24) is 4.90 Å². The van der Waals surface area contributed by atoms with Crippen LogP contribution in [0, 0.1) is 10.1 Å². The lowest BCUT2D eigenvalue weighted by Crippen LogP contribution is -2.34. The van der Waals surface area contributed by atoms with E-state index in [1.807, 2.05) is 6.92 Å². The fraction of sp³-hybridized carbons (Fsp3) is 0.562. The largest absolute Gasteiger partial charge is 0.445 e. The van der Waals surface area contributed by atoms with Crippen LogP contribution in [-0.2, 0) is 17.8 Å². The molecular weight excluding hydrogens is 355 g/mol. The van der Waals surface area contributed by atoms with E-state index in [9.17, 15) is 14.9 Å². The number of rotatable bonds is 10. The monoisotopic (exact) mass is 376 g/mol. The standard InChI is InChI=1S/C16H22Cl2N2O4/c1-2-3-4-14-11-13(5-6-15(14)20(22)23)12-24-16(21)19(9-7-17)10-8-18/h5-6,11H,2-4,7-10,12H2,1H3. The number of hydrogen-bond donors (Lipinski definition) is 0. The molecule has 0 saturated heterocycles. The van der Waals surface area contributed by atoms with Gasteiger partial charge in [-0.3, -0.25) is 10.1 Å². The molecule has 0 radical (unpaired) electrons. The van der Waals surface area contributed by atoms with Gasteiger partial charge >= 0.3 is 6.09 Å². The van der Waals surface area contributed by atoms with E-state index in [0.29, 0.717) is 36.8 Å². The first-order chi connectivity index (χ1) is 11.5. The molecule has 134 valence electrons. The van der Waals surface area contributed by atoms with Crippen LogP contribution in [0.4, 0.5) is 10.5 Å². The number of hydrogen-bond acceptors (Lipinski definition) is 4. The Kier molecular flexibility index (Phi) is 9.49. The Balaban J connectivity index is 2.76. The summed E-state index contributed by atoms with van der Waals surface area (Å²) in [7, 11) is 0. The predicted molar refractivity (Wildman–Crippen MR) is 94.9 cm³/mol. The maximum atomic E-state index is 12.0. The Morgan fingerprint density at radius 2 is 1.96 bits per heavy atom. The molecule has 0 aliphatic carbocycles. The summed E-state index contributed by atoms with van der Waals surface area (Å²) in [5.41, 5.74) is 1.48. The highest BCUT2D eigenvalue weighted by Gasteiger charge is 2.16. The highest BCUT2D eigenvalue weighted by molar-refractivity contribution is 6.18. The lowest BCUT2D eigenvalue weighted by molar-refractivity contribution is -0.385. The van der Waals surface area contributed by atoms with E-state index in [0.717, 1.165) is 18.4 Å². The number of carbonyl (C=O) groups is 1. The number of amides is 1. The maximum Gasteiger partial charge on any atom is 0.410 e. The van der Waals surface area contributed by atoms with Crippen LogP contribution in [0.3, 0.4) is 0 Å². The molecule has 0 aromatic heterocycles. The summed E-state index contributed by atoms with van der Waals surface area (Å²) in [6, 6.07) is 4.80. The van der Waals surface area contributed by atoms with Gasteiger partial charge in [-0.2, -0.15) is 0 Å². The third-order valence-corrected chi connectivity index (χ3v) is 3.81. The zero-order valence-electron chi connectivity index (χ0n) is 13.7. The smallest absolute Gasteiger partial charge is 0.410 e. The van der Waals surface area contributed by atoms with Crippen molar-refractivity contribution in [1.29, 1.82) is 0 Å². The maximum absolute atomic E-state index is 12.0. The highest BCUT2D eigenvalue weighted by Crippen LogP contribution is 2.22. The van der Waals surface area contributed by atoms with Crippen molar-refractivity contribution in [2.24, 2.45) is 0 Å². The van der Waals surface area contributed by atoms with E-state index in [1.54, 1.807) is 12.1 Å². The number of nitro groups is 1. The van der Waals surface area contributed by atoms with Gasteiger partial charge in [-0.1, -0.05) is 13.3 Å². The number of ether oxygens (including phenoxy) is 1. The van der Waals surface area contributed by atoms with E-state index >= 15 is 0 Å². The topological polar surface area (TPSA) is 72.7 Å². The quantitative estimate of drug-likeness (QED) is 0.345. The molecule has 1 amide bonds. The third kappa shape index (κ3) is 6.53. The van der Waals surface area contributed by atoms with E-state index in [2.05, 4.69) is 0 Å². The van der Waals surface area contributed by atoms with Crippen molar-refractivity contribution in [3.05, 3.63) is 39.4 Å². The Labute approximate surface area is 151 Å². The number of benzene rings is 1. The molecule has 1 aromatic carbocycles. The van der Waals surface area contributed by atoms with Crippen LogP contribution in [0.5, 0.6) is 0 Å². The van der Waals surface area contributed by atoms with Gasteiger partial charge < -0.3 is 9.64 Å². The molecular formula is C16H22Cl2N2O4. The second-order valence-corrected chi connectivity index (χ2v) is 6.00. The Bertz CT molecular complexity index is 549. The van der Waals surface area contributed by atoms with Gasteiger partial charge in [0, 0.05) is 36.5 Å². The van der Waals surface area contributed by atoms with Crippen LogP contribution in [0.2, 0.25) is 0 Å². The highest BCUT2D eigenvalue weighted by atomic mass is 35.5. The summed E-state index contributed by atoms with van der Waals surface area (Å²) >= 11 is 11.3. The SMILES string of the molecule is CCCCc1cc(COC(=O)N(CCCl)CCCl)ccc1[N+](=O)[O-]. The summed E-state index contributed by atoms with van der Waals surface area (Å²) in [6.07, 6.45) is 1.94. The van der Waals surface area contributed by atoms with E-state index < -0.39 is 6.09 Å². The number of nitro benzene ring substituents is 1. The molecule has 1 rings (SSSR count). The van der Waals surface area contributed by atoms with Crippen molar-refractivity contribution in [3.8, 4) is 0 Å². The zero-order chi connectivity index (χ0) is 17.9. The average Bonchev–Trinajstić information content (AvgIpc) is 2.57. The molecule has 8 heteroatoms. The molecule has 0 aliphatic heterocycles. The molecule has 24 heavy (non-hydrogen) atoms. The molecule has 0 atom stereocenters. The number of carbonyl (C=O) groups excluding carboxylic acids is 1. The van der Waals surface area contributed by atoms with Gasteiger partial charge in [-0.05, 0) is 30.5 Å². The Hall–Kier alpha value is -1.53. The Morgan fingerprint density at radius 1 is 1.29 bits per heavy atom. The second-order valence-electron chi connectivity index (χ2n) is 5.24. The number of nitrogens with zero attached hydrogens (tertiary/aromatic N) is 2. The molecule has 0 spiro atoms. The number of aryl methyl sites for hydroxylation is 1. The third-order valence-electron chi connectivity index (χ3n) is 3.47. The van der Waals surface area contributed by atoms with Crippen LogP contribution in [0.1, 0.15) is 30.9 Å². The van der Waals surface area contributed by atoms with Crippen LogP contribution in [-0.4, -0.2) is 40.8 Å². The first-order valence-electron chi connectivity index (χ1n) is 7.83. The van der Waals surface area contributed by atoms with Crippen molar-refractivity contribution in [3.63, 3.8) is 0 Å². The molecule has 6 nitrogen and oxygen atoms in total. The Morgan fingerprint density at radius 3 is 2.50 bits per heavy atom. The van der Waals surface area contributed by atoms with Gasteiger partial charge in [-0.15, -0.1) is 23.2 Å². The molecule has 0 N–H and O–H groups in total. The van der Waals surface area contributed by atoms with Crippen LogP contribution in [0.25, 0.3) is 0 Å². The van der Waals surface area contributed by atoms with Gasteiger partial charge in [0.05, 0.1) is 4.92 Å². The van der Waals surface area contributed by atoms with Gasteiger partial charge in [0.1, 0.15) is 6.61 Å². The van der Waals surface area contributed by atoms with Gasteiger partial charge in [0.2, 0.25) is 0 Å². The minimum Gasteiger partial charge on any atom is -0.445 e. The van der Waals surface area contributed by atoms with Crippen molar-refractivity contribution in [2.45, 2.75) is 32.8 Å². The lowest BCUT2D eigenvalue weighted by Gasteiger charge is -2.20. The first kappa shape index (κ1) is 20.5. The minimum atomic E-state index is -0.496. The van der Waals surface area contributed by atoms with Gasteiger partial charge in [-0.25, -0.2) is 4.79 Å². The number of unbranched alkanes of at least 4 members (excludes halogenated alkanes) is 1. The van der Waals surface area contributed by atoms with E-state index in [1.165, 1.54) is 11.0 Å². The fourth-order valence-corrected chi connectivity index (χ4v) is 2.62. The molecule has 0 fully saturated rings. The van der Waals surface area contributed by atoms with Gasteiger partial charge in [0.25, 0.3) is 5.69 Å². The summed E-state index contributed by atoms with van der Waals surface area (Å²) in [4.78, 5) is 24.1. The summed E-state index contributed by atoms with van der Waals surface area (Å²) < 4.78 is 5.26. The molecule has 1 aromatic rings. The first-order valence-corrected chi connectivity index (χ1v) is 8.90. The van der Waals surface area contributed by atoms with Crippen LogP contribution in [0.15, 0.2) is 18.2 Å². The van der Waals surface area contributed by atoms with Crippen molar-refractivity contribution < 1.29 is 14.5 Å². The normalized spacial score (nSPS) is 10.5. The second kappa shape index (κ2) is 11.1. The summed E-state index contributed by atoms with van der Waals surface area (Å²) in [5, 5.41) is 11.1. The van der Waals surface area contributed by atoms with Crippen LogP contribution < -0.4 is 0 Å². The molecule has 0 heterocycles. The lowest BCUT2D eigenvalue weighted by atomic mass is 10.0. The molecule has 0 bridgehead atoms. The number of halogens is 2. The predicted octanol–water partition coefficient (Wildman–Crippen LogP) is 4.35. The van der Waals surface area contributed by atoms with Crippen molar-refractivity contribution in [2.75, 3.05) is 24.8 Å². The molecule has 0 unspecified atom stereocenters. The number of alkyl halides is 2. The van der Waals surface area contributed by atoms with Crippen LogP contribution >= 0.6 is 23.2 Å². The fourth-order valence-electron chi connectivity index (χ4n) is 2.21. The minimum absolute atomic E-state index is 0.0526. The van der Waals surface area contributed by atoms with Crippen molar-refractivity contribution >= 4 is 35.0 Å². The summed E-state index contributed by atoms with van der Waals surface area (Å²) in [5.74, 6) is 0.593. The van der Waals surface area contributed by atoms with E-state index in [-0.39, 0.29) is 17.2 Å². The summed E-state index contributed by atoms with van der Waals surface area (Å²) in [6.45, 7) is 2.79. The molecule has 0 aliphatic rings. The van der Waals surface area contributed by atoms with Gasteiger partial charge in [0.15, 0.2) is 0 Å². The molecule has 0 saturated carbocycles.